The summed E-state index contributed by atoms with van der Waals surface area (Å²) in [4.78, 5) is 26.7. The van der Waals surface area contributed by atoms with Gasteiger partial charge in [0.25, 0.3) is 0 Å². The first kappa shape index (κ1) is 25.1. The largest absolute Gasteiger partial charge is 0.457 e. The molecule has 1 aliphatic rings. The van der Waals surface area contributed by atoms with E-state index in [4.69, 9.17) is 4.74 Å². The summed E-state index contributed by atoms with van der Waals surface area (Å²) < 4.78 is 28.8. The van der Waals surface area contributed by atoms with Crippen molar-refractivity contribution in [3.63, 3.8) is 0 Å². The number of amides is 2. The van der Waals surface area contributed by atoms with Crippen LogP contribution in [0, 0.1) is 0 Å². The molecule has 0 heterocycles. The van der Waals surface area contributed by atoms with E-state index < -0.39 is 9.84 Å². The number of anilines is 1. The summed E-state index contributed by atoms with van der Waals surface area (Å²) >= 11 is 1.32. The first-order valence-electron chi connectivity index (χ1n) is 10.9. The molecule has 1 aliphatic carbocycles. The van der Waals surface area contributed by atoms with Crippen molar-refractivity contribution >= 4 is 39.1 Å². The fourth-order valence-corrected chi connectivity index (χ4v) is 5.07. The molecule has 2 aromatic carbocycles. The lowest BCUT2D eigenvalue weighted by molar-refractivity contribution is -0.129. The molecule has 0 bridgehead atoms. The molecule has 1 saturated carbocycles. The van der Waals surface area contributed by atoms with Gasteiger partial charge in [0.2, 0.25) is 11.8 Å². The quantitative estimate of drug-likeness (QED) is 0.562. The van der Waals surface area contributed by atoms with E-state index in [9.17, 15) is 18.0 Å². The maximum Gasteiger partial charge on any atom is 0.234 e. The number of hydrogen-bond donors (Lipinski definition) is 1. The third-order valence-electron chi connectivity index (χ3n) is 5.60. The molecule has 0 aromatic heterocycles. The Bertz CT molecular complexity index is 1050. The molecule has 33 heavy (non-hydrogen) atoms. The standard InChI is InChI=1S/C24H30N2O5S2/c1-26(19-6-4-3-5-7-19)24(28)17-32-16-23(27)25-18-8-10-20(11-9-18)31-21-12-14-22(15-13-21)33(2,29)30/h8-15,19H,3-7,16-17H2,1-2H3,(H,25,27). The molecule has 2 amide bonds. The number of sulfone groups is 1. The Kier molecular flexibility index (Phi) is 8.80. The molecule has 3 rings (SSSR count). The minimum Gasteiger partial charge on any atom is -0.457 e. The number of nitrogens with zero attached hydrogens (tertiary/aromatic N) is 1. The van der Waals surface area contributed by atoms with E-state index in [1.807, 2.05) is 11.9 Å². The number of nitrogens with one attached hydrogen (secondary N) is 1. The summed E-state index contributed by atoms with van der Waals surface area (Å²) in [6.07, 6.45) is 6.90. The minimum atomic E-state index is -3.25. The number of carbonyl (C=O) groups excluding carboxylic acids is 2. The van der Waals surface area contributed by atoms with Crippen LogP contribution in [0.25, 0.3) is 0 Å². The number of hydrogen-bond acceptors (Lipinski definition) is 6. The normalized spacial score (nSPS) is 14.5. The third kappa shape index (κ3) is 7.78. The first-order valence-corrected chi connectivity index (χ1v) is 14.0. The zero-order valence-electron chi connectivity index (χ0n) is 19.0. The van der Waals surface area contributed by atoms with E-state index >= 15 is 0 Å². The van der Waals surface area contributed by atoms with Crippen molar-refractivity contribution in [2.75, 3.05) is 30.1 Å². The van der Waals surface area contributed by atoms with E-state index in [2.05, 4.69) is 5.32 Å². The van der Waals surface area contributed by atoms with E-state index in [1.54, 1.807) is 36.4 Å². The average Bonchev–Trinajstić information content (AvgIpc) is 2.80. The Labute approximate surface area is 199 Å². The number of carbonyl (C=O) groups is 2. The molecule has 0 radical (unpaired) electrons. The van der Waals surface area contributed by atoms with E-state index in [-0.39, 0.29) is 22.5 Å². The summed E-state index contributed by atoms with van der Waals surface area (Å²) in [6.45, 7) is 0. The number of thioether (sulfide) groups is 1. The molecule has 1 fully saturated rings. The number of rotatable bonds is 9. The van der Waals surface area contributed by atoms with Crippen molar-refractivity contribution < 1.29 is 22.7 Å². The van der Waals surface area contributed by atoms with Gasteiger partial charge in [-0.3, -0.25) is 9.59 Å². The van der Waals surface area contributed by atoms with E-state index in [0.29, 0.717) is 29.0 Å². The van der Waals surface area contributed by atoms with Crippen LogP contribution >= 0.6 is 11.8 Å². The lowest BCUT2D eigenvalue weighted by Gasteiger charge is -2.31. The maximum atomic E-state index is 12.4. The predicted octanol–water partition coefficient (Wildman–Crippen LogP) is 4.35. The van der Waals surface area contributed by atoms with Crippen molar-refractivity contribution in [1.82, 2.24) is 4.90 Å². The molecular formula is C24H30N2O5S2. The minimum absolute atomic E-state index is 0.0748. The van der Waals surface area contributed by atoms with Crippen LogP contribution < -0.4 is 10.1 Å². The SMILES string of the molecule is CN(C(=O)CSCC(=O)Nc1ccc(Oc2ccc(S(C)(=O)=O)cc2)cc1)C1CCCCC1. The topological polar surface area (TPSA) is 92.8 Å². The lowest BCUT2D eigenvalue weighted by atomic mass is 9.94. The van der Waals surface area contributed by atoms with Crippen molar-refractivity contribution in [1.29, 1.82) is 0 Å². The monoisotopic (exact) mass is 490 g/mol. The van der Waals surface area contributed by atoms with Gasteiger partial charge in [-0.1, -0.05) is 19.3 Å². The number of benzene rings is 2. The van der Waals surface area contributed by atoms with Gasteiger partial charge in [-0.05, 0) is 61.4 Å². The Morgan fingerprint density at radius 3 is 2.12 bits per heavy atom. The third-order valence-corrected chi connectivity index (χ3v) is 7.65. The van der Waals surface area contributed by atoms with Gasteiger partial charge < -0.3 is 15.0 Å². The van der Waals surface area contributed by atoms with Crippen molar-refractivity contribution in [2.24, 2.45) is 0 Å². The summed E-state index contributed by atoms with van der Waals surface area (Å²) in [5.74, 6) is 1.48. The Hall–Kier alpha value is -2.52. The van der Waals surface area contributed by atoms with E-state index in [1.165, 1.54) is 43.2 Å². The fourth-order valence-electron chi connectivity index (χ4n) is 3.70. The predicted molar refractivity (Wildman–Crippen MR) is 132 cm³/mol. The zero-order valence-corrected chi connectivity index (χ0v) is 20.6. The fraction of sp³-hybridized carbons (Fsp3) is 0.417. The van der Waals surface area contributed by atoms with Crippen molar-refractivity contribution in [3.8, 4) is 11.5 Å². The van der Waals surface area contributed by atoms with Crippen molar-refractivity contribution in [2.45, 2.75) is 43.0 Å². The van der Waals surface area contributed by atoms with Crippen LogP contribution in [0.3, 0.4) is 0 Å². The van der Waals surface area contributed by atoms with Crippen molar-refractivity contribution in [3.05, 3.63) is 48.5 Å². The van der Waals surface area contributed by atoms with Crippen LogP contribution in [0.5, 0.6) is 11.5 Å². The van der Waals surface area contributed by atoms with Gasteiger partial charge in [0.15, 0.2) is 9.84 Å². The zero-order chi connectivity index (χ0) is 23.8. The van der Waals surface area contributed by atoms with Crippen LogP contribution in [0.4, 0.5) is 5.69 Å². The molecule has 0 aliphatic heterocycles. The van der Waals surface area contributed by atoms with Crippen LogP contribution in [0.2, 0.25) is 0 Å². The van der Waals surface area contributed by atoms with Gasteiger partial charge in [0.1, 0.15) is 11.5 Å². The Morgan fingerprint density at radius 2 is 1.55 bits per heavy atom. The van der Waals surface area contributed by atoms with Gasteiger partial charge >= 0.3 is 0 Å². The van der Waals surface area contributed by atoms with Gasteiger partial charge in [-0.15, -0.1) is 11.8 Å². The molecule has 178 valence electrons. The molecule has 2 aromatic rings. The second-order valence-electron chi connectivity index (χ2n) is 8.21. The van der Waals surface area contributed by atoms with E-state index in [0.717, 1.165) is 19.1 Å². The molecule has 7 nitrogen and oxygen atoms in total. The Morgan fingerprint density at radius 1 is 0.970 bits per heavy atom. The second kappa shape index (κ2) is 11.6. The highest BCUT2D eigenvalue weighted by atomic mass is 32.2. The molecule has 0 saturated heterocycles. The summed E-state index contributed by atoms with van der Waals surface area (Å²) in [6, 6.07) is 13.4. The molecular weight excluding hydrogens is 460 g/mol. The molecule has 9 heteroatoms. The van der Waals surface area contributed by atoms with Crippen LogP contribution in [0.1, 0.15) is 32.1 Å². The molecule has 1 N–H and O–H groups in total. The first-order chi connectivity index (χ1) is 15.7. The lowest BCUT2D eigenvalue weighted by Crippen LogP contribution is -2.39. The Balaban J connectivity index is 1.42. The van der Waals surface area contributed by atoms with Crippen LogP contribution in [-0.4, -0.2) is 56.0 Å². The van der Waals surface area contributed by atoms with Gasteiger partial charge in [0, 0.05) is 25.0 Å². The highest BCUT2D eigenvalue weighted by Gasteiger charge is 2.22. The van der Waals surface area contributed by atoms with Gasteiger partial charge in [-0.25, -0.2) is 8.42 Å². The highest BCUT2D eigenvalue weighted by molar-refractivity contribution is 8.00. The van der Waals surface area contributed by atoms with Gasteiger partial charge in [0.05, 0.1) is 16.4 Å². The number of ether oxygens (including phenoxy) is 1. The molecule has 0 spiro atoms. The average molecular weight is 491 g/mol. The molecule has 0 unspecified atom stereocenters. The summed E-state index contributed by atoms with van der Waals surface area (Å²) in [5.41, 5.74) is 0.631. The smallest absolute Gasteiger partial charge is 0.234 e. The van der Waals surface area contributed by atoms with Gasteiger partial charge in [-0.2, -0.15) is 0 Å². The highest BCUT2D eigenvalue weighted by Crippen LogP contribution is 2.25. The van der Waals surface area contributed by atoms with Crippen LogP contribution in [0.15, 0.2) is 53.4 Å². The summed E-state index contributed by atoms with van der Waals surface area (Å²) in [5, 5.41) is 2.82. The summed E-state index contributed by atoms with van der Waals surface area (Å²) in [7, 11) is -1.39. The second-order valence-corrected chi connectivity index (χ2v) is 11.2. The molecule has 0 atom stereocenters. The maximum absolute atomic E-state index is 12.4. The van der Waals surface area contributed by atoms with Crippen LogP contribution in [-0.2, 0) is 19.4 Å².